The normalized spacial score (nSPS) is 9.85. The third-order valence-electron chi connectivity index (χ3n) is 1.78. The number of carbonyl (C=O) groups is 1. The van der Waals surface area contributed by atoms with Gasteiger partial charge in [0.05, 0.1) is 0 Å². The van der Waals surface area contributed by atoms with Gasteiger partial charge in [-0.25, -0.2) is 4.98 Å². The molecule has 0 saturated carbocycles. The van der Waals surface area contributed by atoms with Gasteiger partial charge >= 0.3 is 0 Å². The Bertz CT molecular complexity index is 406. The molecule has 0 aliphatic heterocycles. The number of aromatic nitrogens is 2. The number of rotatable bonds is 2. The summed E-state index contributed by atoms with van der Waals surface area (Å²) < 4.78 is 1.81. The second-order valence-corrected chi connectivity index (χ2v) is 2.66. The summed E-state index contributed by atoms with van der Waals surface area (Å²) in [5.74, 6) is 0. The Hall–Kier alpha value is -1.90. The fourth-order valence-corrected chi connectivity index (χ4v) is 1.14. The van der Waals surface area contributed by atoms with E-state index in [9.17, 15) is 4.79 Å². The Labute approximate surface area is 75.7 Å². The van der Waals surface area contributed by atoms with Crippen molar-refractivity contribution in [3.63, 3.8) is 0 Å². The van der Waals surface area contributed by atoms with Crippen molar-refractivity contribution in [1.29, 1.82) is 0 Å². The quantitative estimate of drug-likeness (QED) is 0.646. The van der Waals surface area contributed by atoms with Crippen molar-refractivity contribution >= 4 is 6.29 Å². The van der Waals surface area contributed by atoms with Crippen molar-refractivity contribution < 1.29 is 4.79 Å². The molecule has 0 bridgehead atoms. The molecule has 2 rings (SSSR count). The topological polar surface area (TPSA) is 34.9 Å². The number of aldehydes is 1. The maximum Gasteiger partial charge on any atom is 0.170 e. The fraction of sp³-hybridized carbons (Fsp3) is 0. The minimum absolute atomic E-state index is 0.448. The number of para-hydroxylation sites is 1. The van der Waals surface area contributed by atoms with Gasteiger partial charge in [0, 0.05) is 11.9 Å². The van der Waals surface area contributed by atoms with Crippen LogP contribution in [0.5, 0.6) is 0 Å². The van der Waals surface area contributed by atoms with Crippen LogP contribution < -0.4 is 0 Å². The van der Waals surface area contributed by atoms with E-state index in [-0.39, 0.29) is 0 Å². The van der Waals surface area contributed by atoms with E-state index in [4.69, 9.17) is 0 Å². The monoisotopic (exact) mass is 172 g/mol. The summed E-state index contributed by atoms with van der Waals surface area (Å²) in [5, 5.41) is 0. The van der Waals surface area contributed by atoms with Crippen molar-refractivity contribution in [1.82, 2.24) is 9.55 Å². The molecule has 0 amide bonds. The number of benzene rings is 1. The Morgan fingerprint density at radius 2 is 2.00 bits per heavy atom. The van der Waals surface area contributed by atoms with Crippen molar-refractivity contribution in [2.45, 2.75) is 0 Å². The minimum Gasteiger partial charge on any atom is -0.306 e. The lowest BCUT2D eigenvalue weighted by Crippen LogP contribution is -1.87. The van der Waals surface area contributed by atoms with Crippen LogP contribution in [0.3, 0.4) is 0 Å². The van der Waals surface area contributed by atoms with Gasteiger partial charge in [-0.3, -0.25) is 4.79 Å². The molecule has 0 radical (unpaired) electrons. The van der Waals surface area contributed by atoms with E-state index in [0.29, 0.717) is 5.69 Å². The summed E-state index contributed by atoms with van der Waals surface area (Å²) in [5.41, 5.74) is 1.45. The van der Waals surface area contributed by atoms with Crippen LogP contribution in [-0.2, 0) is 0 Å². The zero-order valence-corrected chi connectivity index (χ0v) is 6.92. The van der Waals surface area contributed by atoms with Crippen LogP contribution in [0, 0.1) is 0 Å². The van der Waals surface area contributed by atoms with Gasteiger partial charge in [-0.15, -0.1) is 0 Å². The van der Waals surface area contributed by atoms with Crippen molar-refractivity contribution in [3.8, 4) is 5.69 Å². The predicted octanol–water partition coefficient (Wildman–Crippen LogP) is 1.68. The highest BCUT2D eigenvalue weighted by Gasteiger charge is 1.97. The van der Waals surface area contributed by atoms with Crippen LogP contribution in [0.25, 0.3) is 5.69 Å². The highest BCUT2D eigenvalue weighted by molar-refractivity contribution is 5.71. The third-order valence-corrected chi connectivity index (χ3v) is 1.78. The Kier molecular flexibility index (Phi) is 1.92. The molecule has 3 nitrogen and oxygen atoms in total. The lowest BCUT2D eigenvalue weighted by molar-refractivity contribution is 0.111. The summed E-state index contributed by atoms with van der Waals surface area (Å²) >= 11 is 0. The van der Waals surface area contributed by atoms with E-state index in [1.165, 1.54) is 0 Å². The molecule has 0 fully saturated rings. The molecule has 3 heteroatoms. The smallest absolute Gasteiger partial charge is 0.170 e. The van der Waals surface area contributed by atoms with Crippen LogP contribution in [0.2, 0.25) is 0 Å². The molecule has 0 aliphatic carbocycles. The molecular weight excluding hydrogens is 164 g/mol. The van der Waals surface area contributed by atoms with E-state index in [2.05, 4.69) is 4.98 Å². The highest BCUT2D eigenvalue weighted by Crippen LogP contribution is 2.06. The average molecular weight is 172 g/mol. The number of carbonyl (C=O) groups excluding carboxylic acids is 1. The minimum atomic E-state index is 0.448. The lowest BCUT2D eigenvalue weighted by Gasteiger charge is -1.98. The van der Waals surface area contributed by atoms with Gasteiger partial charge in [-0.05, 0) is 12.1 Å². The molecule has 1 aromatic carbocycles. The average Bonchev–Trinajstić information content (AvgIpc) is 2.67. The second-order valence-electron chi connectivity index (χ2n) is 2.66. The molecule has 0 N–H and O–H groups in total. The summed E-state index contributed by atoms with van der Waals surface area (Å²) in [4.78, 5) is 14.3. The molecule has 64 valence electrons. The van der Waals surface area contributed by atoms with E-state index in [1.54, 1.807) is 12.5 Å². The van der Waals surface area contributed by atoms with E-state index < -0.39 is 0 Å². The maximum atomic E-state index is 10.4. The van der Waals surface area contributed by atoms with E-state index in [0.717, 1.165) is 12.0 Å². The summed E-state index contributed by atoms with van der Waals surface area (Å²) in [6.07, 6.45) is 4.06. The first kappa shape index (κ1) is 7.73. The van der Waals surface area contributed by atoms with Gasteiger partial charge in [0.1, 0.15) is 12.0 Å². The first-order valence-corrected chi connectivity index (χ1v) is 3.95. The largest absolute Gasteiger partial charge is 0.306 e. The van der Waals surface area contributed by atoms with Crippen LogP contribution in [0.1, 0.15) is 10.5 Å². The van der Waals surface area contributed by atoms with Gasteiger partial charge in [0.25, 0.3) is 0 Å². The van der Waals surface area contributed by atoms with E-state index in [1.807, 2.05) is 34.9 Å². The summed E-state index contributed by atoms with van der Waals surface area (Å²) in [6.45, 7) is 0. The zero-order valence-electron chi connectivity index (χ0n) is 6.92. The molecule has 0 unspecified atom stereocenters. The van der Waals surface area contributed by atoms with Crippen molar-refractivity contribution in [2.75, 3.05) is 0 Å². The third kappa shape index (κ3) is 1.49. The zero-order chi connectivity index (χ0) is 9.10. The maximum absolute atomic E-state index is 10.4. The summed E-state index contributed by atoms with van der Waals surface area (Å²) in [7, 11) is 0. The molecule has 13 heavy (non-hydrogen) atoms. The first-order chi connectivity index (χ1) is 6.40. The standard InChI is InChI=1S/C10H8N2O/c13-7-9-6-12(8-11-9)10-4-2-1-3-5-10/h1-8H. The van der Waals surface area contributed by atoms with Crippen LogP contribution in [0.15, 0.2) is 42.9 Å². The lowest BCUT2D eigenvalue weighted by atomic mass is 10.3. The molecule has 0 saturated heterocycles. The molecule has 0 aliphatic rings. The van der Waals surface area contributed by atoms with E-state index >= 15 is 0 Å². The second kappa shape index (κ2) is 3.23. The molecule has 2 aromatic rings. The first-order valence-electron chi connectivity index (χ1n) is 3.95. The number of hydrogen-bond donors (Lipinski definition) is 0. The molecular formula is C10H8N2O. The Morgan fingerprint density at radius 1 is 1.23 bits per heavy atom. The molecule has 0 atom stereocenters. The Balaban J connectivity index is 2.41. The molecule has 1 heterocycles. The number of hydrogen-bond acceptors (Lipinski definition) is 2. The number of imidazole rings is 1. The van der Waals surface area contributed by atoms with Crippen LogP contribution >= 0.6 is 0 Å². The van der Waals surface area contributed by atoms with Gasteiger partial charge in [-0.2, -0.15) is 0 Å². The van der Waals surface area contributed by atoms with Gasteiger partial charge < -0.3 is 4.57 Å². The predicted molar refractivity (Wildman–Crippen MR) is 49.0 cm³/mol. The molecule has 1 aromatic heterocycles. The van der Waals surface area contributed by atoms with Gasteiger partial charge in [0.2, 0.25) is 0 Å². The van der Waals surface area contributed by atoms with Crippen LogP contribution in [0.4, 0.5) is 0 Å². The van der Waals surface area contributed by atoms with Crippen molar-refractivity contribution in [3.05, 3.63) is 48.5 Å². The van der Waals surface area contributed by atoms with Gasteiger partial charge in [-0.1, -0.05) is 18.2 Å². The number of nitrogens with zero attached hydrogens (tertiary/aromatic N) is 2. The molecule has 0 spiro atoms. The highest BCUT2D eigenvalue weighted by atomic mass is 16.1. The summed E-state index contributed by atoms with van der Waals surface area (Å²) in [6, 6.07) is 9.74. The van der Waals surface area contributed by atoms with Crippen LogP contribution in [-0.4, -0.2) is 15.8 Å². The Morgan fingerprint density at radius 3 is 2.62 bits per heavy atom. The van der Waals surface area contributed by atoms with Gasteiger partial charge in [0.15, 0.2) is 6.29 Å². The SMILES string of the molecule is O=Cc1cn(-c2ccccc2)cn1. The fourth-order valence-electron chi connectivity index (χ4n) is 1.14. The van der Waals surface area contributed by atoms with Crippen molar-refractivity contribution in [2.24, 2.45) is 0 Å².